The third-order valence-electron chi connectivity index (χ3n) is 3.06. The van der Waals surface area contributed by atoms with E-state index in [4.69, 9.17) is 15.2 Å². The van der Waals surface area contributed by atoms with Crippen molar-refractivity contribution in [1.82, 2.24) is 9.78 Å². The van der Waals surface area contributed by atoms with Crippen LogP contribution in [0.1, 0.15) is 5.69 Å². The first-order chi connectivity index (χ1) is 9.20. The number of nitrogens with two attached hydrogens (primary N) is 1. The molecule has 5 nitrogen and oxygen atoms in total. The van der Waals surface area contributed by atoms with Crippen LogP contribution in [0.2, 0.25) is 0 Å². The van der Waals surface area contributed by atoms with Crippen molar-refractivity contribution in [3.05, 3.63) is 28.4 Å². The molecule has 1 aromatic heterocycles. The molecule has 2 N–H and O–H groups in total. The number of ether oxygens (including phenoxy) is 2. The summed E-state index contributed by atoms with van der Waals surface area (Å²) < 4.78 is 13.9. The Balaban J connectivity index is 2.09. The Hall–Kier alpha value is -1.53. The second-order valence-electron chi connectivity index (χ2n) is 4.30. The van der Waals surface area contributed by atoms with Crippen LogP contribution in [-0.4, -0.2) is 23.0 Å². The van der Waals surface area contributed by atoms with Crippen molar-refractivity contribution < 1.29 is 9.47 Å². The molecule has 1 aliphatic heterocycles. The summed E-state index contributed by atoms with van der Waals surface area (Å²) in [5.74, 6) is 1.55. The maximum Gasteiger partial charge on any atom is 0.162 e. The first-order valence-corrected chi connectivity index (χ1v) is 6.81. The number of aromatic nitrogens is 2. The first kappa shape index (κ1) is 12.5. The number of fused-ring (bicyclic) bond motifs is 1. The van der Waals surface area contributed by atoms with E-state index in [-0.39, 0.29) is 0 Å². The number of hydrogen-bond donors (Lipinski definition) is 1. The molecule has 0 amide bonds. The highest BCUT2D eigenvalue weighted by atomic mass is 79.9. The number of nitrogens with zero attached hydrogens (tertiary/aromatic N) is 2. The van der Waals surface area contributed by atoms with Gasteiger partial charge in [-0.05, 0) is 34.1 Å². The largest absolute Gasteiger partial charge is 0.486 e. The van der Waals surface area contributed by atoms with Crippen LogP contribution >= 0.6 is 15.9 Å². The Bertz CT molecular complexity index is 625. The lowest BCUT2D eigenvalue weighted by Crippen LogP contribution is -2.15. The molecular formula is C13H14BrN3O2. The Labute approximate surface area is 119 Å². The lowest BCUT2D eigenvalue weighted by Gasteiger charge is -2.19. The molecule has 100 valence electrons. The number of halogens is 1. The van der Waals surface area contributed by atoms with Gasteiger partial charge in [-0.1, -0.05) is 0 Å². The van der Waals surface area contributed by atoms with Crippen molar-refractivity contribution in [2.75, 3.05) is 13.2 Å². The zero-order valence-corrected chi connectivity index (χ0v) is 12.1. The molecule has 0 aliphatic carbocycles. The minimum absolute atomic E-state index is 0.402. The highest BCUT2D eigenvalue weighted by Crippen LogP contribution is 2.37. The molecule has 3 rings (SSSR count). The average molecular weight is 324 g/mol. The van der Waals surface area contributed by atoms with E-state index in [1.54, 1.807) is 0 Å². The van der Waals surface area contributed by atoms with E-state index in [0.717, 1.165) is 32.9 Å². The fourth-order valence-electron chi connectivity index (χ4n) is 2.19. The van der Waals surface area contributed by atoms with Gasteiger partial charge in [-0.3, -0.25) is 4.68 Å². The molecule has 0 fully saturated rings. The molecule has 0 unspecified atom stereocenters. The molecule has 2 heterocycles. The van der Waals surface area contributed by atoms with E-state index in [2.05, 4.69) is 21.0 Å². The van der Waals surface area contributed by atoms with Crippen LogP contribution < -0.4 is 15.2 Å². The van der Waals surface area contributed by atoms with Gasteiger partial charge in [-0.2, -0.15) is 5.10 Å². The lowest BCUT2D eigenvalue weighted by atomic mass is 10.1. The molecule has 0 saturated heterocycles. The minimum atomic E-state index is 0.402. The van der Waals surface area contributed by atoms with Crippen LogP contribution in [0.15, 0.2) is 22.7 Å². The first-order valence-electron chi connectivity index (χ1n) is 6.02. The summed E-state index contributed by atoms with van der Waals surface area (Å²) in [6.45, 7) is 1.58. The Kier molecular flexibility index (Phi) is 3.20. The molecule has 1 aliphatic rings. The van der Waals surface area contributed by atoms with Crippen molar-refractivity contribution in [3.63, 3.8) is 0 Å². The summed E-state index contributed by atoms with van der Waals surface area (Å²) in [5.41, 5.74) is 8.51. The van der Waals surface area contributed by atoms with Crippen LogP contribution in [0.5, 0.6) is 11.5 Å². The molecular weight excluding hydrogens is 310 g/mol. The van der Waals surface area contributed by atoms with E-state index in [9.17, 15) is 0 Å². The quantitative estimate of drug-likeness (QED) is 0.919. The Morgan fingerprint density at radius 1 is 1.32 bits per heavy atom. The van der Waals surface area contributed by atoms with Gasteiger partial charge in [0.1, 0.15) is 13.2 Å². The van der Waals surface area contributed by atoms with Gasteiger partial charge in [0, 0.05) is 19.2 Å². The van der Waals surface area contributed by atoms with Crippen molar-refractivity contribution in [1.29, 1.82) is 0 Å². The molecule has 6 heteroatoms. The third-order valence-corrected chi connectivity index (χ3v) is 3.90. The zero-order chi connectivity index (χ0) is 13.4. The normalized spacial score (nSPS) is 13.6. The lowest BCUT2D eigenvalue weighted by molar-refractivity contribution is 0.171. The number of benzene rings is 1. The molecule has 1 aromatic carbocycles. The van der Waals surface area contributed by atoms with Crippen molar-refractivity contribution >= 4 is 15.9 Å². The van der Waals surface area contributed by atoms with Crippen molar-refractivity contribution in [3.8, 4) is 22.8 Å². The van der Waals surface area contributed by atoms with Crippen LogP contribution in [0.25, 0.3) is 11.3 Å². The predicted molar refractivity (Wildman–Crippen MR) is 75.2 cm³/mol. The summed E-state index contributed by atoms with van der Waals surface area (Å²) >= 11 is 3.56. The van der Waals surface area contributed by atoms with E-state index in [1.165, 1.54) is 0 Å². The van der Waals surface area contributed by atoms with Gasteiger partial charge in [-0.15, -0.1) is 0 Å². The van der Waals surface area contributed by atoms with Gasteiger partial charge in [0.15, 0.2) is 11.5 Å². The van der Waals surface area contributed by atoms with Gasteiger partial charge in [0.2, 0.25) is 0 Å². The van der Waals surface area contributed by atoms with Gasteiger partial charge in [0.25, 0.3) is 0 Å². The highest BCUT2D eigenvalue weighted by molar-refractivity contribution is 9.10. The number of hydrogen-bond acceptors (Lipinski definition) is 4. The van der Waals surface area contributed by atoms with E-state index in [1.807, 2.05) is 29.9 Å². The predicted octanol–water partition coefficient (Wildman–Crippen LogP) is 2.08. The fraction of sp³-hybridized carbons (Fsp3) is 0.308. The monoisotopic (exact) mass is 323 g/mol. The maximum absolute atomic E-state index is 5.67. The Morgan fingerprint density at radius 3 is 2.74 bits per heavy atom. The minimum Gasteiger partial charge on any atom is -0.486 e. The van der Waals surface area contributed by atoms with Gasteiger partial charge in [0.05, 0.1) is 15.9 Å². The maximum atomic E-state index is 5.67. The summed E-state index contributed by atoms with van der Waals surface area (Å²) in [6.07, 6.45) is 0. The van der Waals surface area contributed by atoms with Crippen molar-refractivity contribution in [2.24, 2.45) is 12.8 Å². The third kappa shape index (κ3) is 2.11. The van der Waals surface area contributed by atoms with Crippen LogP contribution in [0.3, 0.4) is 0 Å². The van der Waals surface area contributed by atoms with Gasteiger partial charge >= 0.3 is 0 Å². The molecule has 19 heavy (non-hydrogen) atoms. The smallest absolute Gasteiger partial charge is 0.162 e. The van der Waals surface area contributed by atoms with E-state index in [0.29, 0.717) is 19.8 Å². The molecule has 0 spiro atoms. The second kappa shape index (κ2) is 4.86. The zero-order valence-electron chi connectivity index (χ0n) is 10.5. The molecule has 0 bridgehead atoms. The second-order valence-corrected chi connectivity index (χ2v) is 5.09. The fourth-order valence-corrected chi connectivity index (χ4v) is 2.92. The SMILES string of the molecule is Cn1nc(CN)c(Br)c1-c1ccc2c(c1)OCCO2. The summed E-state index contributed by atoms with van der Waals surface area (Å²) in [4.78, 5) is 0. The van der Waals surface area contributed by atoms with Crippen molar-refractivity contribution in [2.45, 2.75) is 6.54 Å². The van der Waals surface area contributed by atoms with E-state index < -0.39 is 0 Å². The molecule has 0 radical (unpaired) electrons. The standard InChI is InChI=1S/C13H14BrN3O2/c1-17-13(12(14)9(7-15)16-17)8-2-3-10-11(6-8)19-5-4-18-10/h2-3,6H,4-5,7,15H2,1H3. The van der Waals surface area contributed by atoms with E-state index >= 15 is 0 Å². The topological polar surface area (TPSA) is 62.3 Å². The summed E-state index contributed by atoms with van der Waals surface area (Å²) in [7, 11) is 1.90. The molecule has 2 aromatic rings. The van der Waals surface area contributed by atoms with Crippen LogP contribution in [0.4, 0.5) is 0 Å². The molecule has 0 saturated carbocycles. The summed E-state index contributed by atoms with van der Waals surface area (Å²) in [6, 6.07) is 5.89. The average Bonchev–Trinajstić information content (AvgIpc) is 2.73. The van der Waals surface area contributed by atoms with Crippen LogP contribution in [-0.2, 0) is 13.6 Å². The summed E-state index contributed by atoms with van der Waals surface area (Å²) in [5, 5.41) is 4.39. The van der Waals surface area contributed by atoms with Crippen LogP contribution in [0, 0.1) is 0 Å². The Morgan fingerprint density at radius 2 is 2.05 bits per heavy atom. The van der Waals surface area contributed by atoms with Gasteiger partial charge in [-0.25, -0.2) is 0 Å². The number of rotatable bonds is 2. The molecule has 0 atom stereocenters. The van der Waals surface area contributed by atoms with Gasteiger partial charge < -0.3 is 15.2 Å². The number of aryl methyl sites for hydroxylation is 1. The highest BCUT2D eigenvalue weighted by Gasteiger charge is 2.18.